The fourth-order valence-electron chi connectivity index (χ4n) is 6.82. The van der Waals surface area contributed by atoms with Gasteiger partial charge in [-0.3, -0.25) is 0 Å². The van der Waals surface area contributed by atoms with E-state index in [1.807, 2.05) is 103 Å². The van der Waals surface area contributed by atoms with Crippen LogP contribution in [0.4, 0.5) is 0 Å². The van der Waals surface area contributed by atoms with E-state index in [0.29, 0.717) is 28.6 Å². The van der Waals surface area contributed by atoms with Crippen LogP contribution in [0.25, 0.3) is 94.7 Å². The maximum absolute atomic E-state index is 8.96. The number of rotatable bonds is 5. The highest BCUT2D eigenvalue weighted by atomic mass is 16.3. The molecular weight excluding hydrogens is 613 g/mol. The van der Waals surface area contributed by atoms with Crippen molar-refractivity contribution in [1.29, 1.82) is 0 Å². The third-order valence-electron chi connectivity index (χ3n) is 9.11. The Bertz CT molecular complexity index is 3050. The fraction of sp³-hybridized carbons (Fsp3) is 0. The molecule has 0 atom stereocenters. The Morgan fingerprint density at radius 2 is 1.04 bits per heavy atom. The molecule has 7 aromatic carbocycles. The van der Waals surface area contributed by atoms with E-state index >= 15 is 0 Å². The highest BCUT2D eigenvalue weighted by Crippen LogP contribution is 2.42. The fourth-order valence-corrected chi connectivity index (χ4v) is 6.82. The molecule has 0 bridgehead atoms. The molecule has 0 fully saturated rings. The molecule has 5 nitrogen and oxygen atoms in total. The SMILES string of the molecule is [2H]c1cc([2H])c2oc3c(-c4ccc(-c5nc(-c6ccccc6)nc(-c6ccccc6)n5)cc4-n4c5ccccc5c5ccccc54)cc([2H])c([2H])c3c2c1[2H]. The number of hydrogen-bond acceptors (Lipinski definition) is 4. The average Bonchev–Trinajstić information content (AvgIpc) is 3.80. The molecule has 10 aromatic rings. The number of fused-ring (bicyclic) bond motifs is 6. The Labute approximate surface area is 294 Å². The van der Waals surface area contributed by atoms with E-state index in [2.05, 4.69) is 28.8 Å². The molecular formula is C45H28N4O. The van der Waals surface area contributed by atoms with E-state index in [1.54, 1.807) is 6.07 Å². The second kappa shape index (κ2) is 11.4. The van der Waals surface area contributed by atoms with Gasteiger partial charge >= 0.3 is 0 Å². The van der Waals surface area contributed by atoms with Crippen molar-refractivity contribution in [2.24, 2.45) is 0 Å². The van der Waals surface area contributed by atoms with Crippen LogP contribution in [-0.2, 0) is 0 Å². The van der Waals surface area contributed by atoms with Gasteiger partial charge in [-0.15, -0.1) is 0 Å². The van der Waals surface area contributed by atoms with E-state index in [4.69, 9.17) is 26.2 Å². The molecule has 0 radical (unpaired) electrons. The zero-order valence-corrected chi connectivity index (χ0v) is 26.5. The molecule has 0 amide bonds. The van der Waals surface area contributed by atoms with Gasteiger partial charge in [0.1, 0.15) is 11.2 Å². The second-order valence-corrected chi connectivity index (χ2v) is 12.0. The molecule has 50 heavy (non-hydrogen) atoms. The smallest absolute Gasteiger partial charge is 0.164 e. The Balaban J connectivity index is 1.31. The maximum Gasteiger partial charge on any atom is 0.164 e. The lowest BCUT2D eigenvalue weighted by Crippen LogP contribution is -2.02. The molecule has 234 valence electrons. The van der Waals surface area contributed by atoms with E-state index in [9.17, 15) is 0 Å². The lowest BCUT2D eigenvalue weighted by molar-refractivity contribution is 0.670. The number of nitrogens with zero attached hydrogens (tertiary/aromatic N) is 4. The van der Waals surface area contributed by atoms with Crippen molar-refractivity contribution in [1.82, 2.24) is 19.5 Å². The minimum absolute atomic E-state index is 0.0553. The minimum atomic E-state index is -0.147. The first-order valence-corrected chi connectivity index (χ1v) is 16.3. The maximum atomic E-state index is 8.96. The van der Waals surface area contributed by atoms with Crippen molar-refractivity contribution in [3.8, 4) is 51.0 Å². The molecule has 0 unspecified atom stereocenters. The first-order chi connectivity index (χ1) is 26.9. The van der Waals surface area contributed by atoms with Gasteiger partial charge in [0.15, 0.2) is 17.5 Å². The molecule has 0 saturated heterocycles. The Kier molecular flexibility index (Phi) is 5.35. The molecule has 5 heteroatoms. The summed E-state index contributed by atoms with van der Waals surface area (Å²) in [5, 5.41) is 2.55. The summed E-state index contributed by atoms with van der Waals surface area (Å²) in [4.78, 5) is 14.9. The molecule has 3 heterocycles. The molecule has 10 rings (SSSR count). The second-order valence-electron chi connectivity index (χ2n) is 12.0. The summed E-state index contributed by atoms with van der Waals surface area (Å²) in [6.45, 7) is 0. The van der Waals surface area contributed by atoms with Crippen LogP contribution in [0.1, 0.15) is 6.85 Å². The van der Waals surface area contributed by atoms with Crippen LogP contribution in [0.5, 0.6) is 0 Å². The van der Waals surface area contributed by atoms with Crippen LogP contribution < -0.4 is 0 Å². The van der Waals surface area contributed by atoms with Gasteiger partial charge in [-0.05, 0) is 24.2 Å². The number of benzene rings is 7. The van der Waals surface area contributed by atoms with Crippen molar-refractivity contribution in [3.63, 3.8) is 0 Å². The summed E-state index contributed by atoms with van der Waals surface area (Å²) in [6.07, 6.45) is 0. The van der Waals surface area contributed by atoms with E-state index in [0.717, 1.165) is 44.2 Å². The van der Waals surface area contributed by atoms with Gasteiger partial charge in [0.25, 0.3) is 0 Å². The summed E-state index contributed by atoms with van der Waals surface area (Å²) < 4.78 is 52.2. The predicted octanol–water partition coefficient (Wildman–Crippen LogP) is 11.5. The topological polar surface area (TPSA) is 56.7 Å². The minimum Gasteiger partial charge on any atom is -0.455 e. The summed E-state index contributed by atoms with van der Waals surface area (Å²) in [5.74, 6) is 1.54. The number of furan rings is 1. The van der Waals surface area contributed by atoms with Gasteiger partial charge in [0, 0.05) is 49.4 Å². The first-order valence-electron chi connectivity index (χ1n) is 18.8. The zero-order chi connectivity index (χ0) is 37.4. The van der Waals surface area contributed by atoms with Crippen LogP contribution in [0, 0.1) is 0 Å². The Morgan fingerprint density at radius 3 is 1.70 bits per heavy atom. The molecule has 0 spiro atoms. The largest absolute Gasteiger partial charge is 0.455 e. The zero-order valence-electron chi connectivity index (χ0n) is 31.5. The van der Waals surface area contributed by atoms with E-state index < -0.39 is 0 Å². The molecule has 3 aromatic heterocycles. The number of para-hydroxylation sites is 4. The Hall–Kier alpha value is -6.85. The lowest BCUT2D eigenvalue weighted by atomic mass is 9.98. The van der Waals surface area contributed by atoms with Crippen LogP contribution in [0.2, 0.25) is 0 Å². The van der Waals surface area contributed by atoms with Crippen molar-refractivity contribution in [2.45, 2.75) is 0 Å². The normalized spacial score (nSPS) is 13.0. The van der Waals surface area contributed by atoms with Gasteiger partial charge in [0.05, 0.1) is 23.6 Å². The van der Waals surface area contributed by atoms with Crippen molar-refractivity contribution < 1.29 is 11.3 Å². The van der Waals surface area contributed by atoms with Crippen LogP contribution in [0.3, 0.4) is 0 Å². The van der Waals surface area contributed by atoms with Crippen molar-refractivity contribution in [2.75, 3.05) is 0 Å². The predicted molar refractivity (Wildman–Crippen MR) is 203 cm³/mol. The highest BCUT2D eigenvalue weighted by Gasteiger charge is 2.21. The average molecular weight is 646 g/mol. The van der Waals surface area contributed by atoms with Gasteiger partial charge in [-0.1, -0.05) is 145 Å². The number of aromatic nitrogens is 4. The first kappa shape index (κ1) is 23.5. The molecule has 0 saturated carbocycles. The molecule has 0 aliphatic heterocycles. The lowest BCUT2D eigenvalue weighted by Gasteiger charge is -2.16. The van der Waals surface area contributed by atoms with Crippen molar-refractivity contribution in [3.05, 3.63) is 170 Å². The van der Waals surface area contributed by atoms with E-state index in [-0.39, 0.29) is 52.2 Å². The summed E-state index contributed by atoms with van der Waals surface area (Å²) in [6, 6.07) is 44.3. The summed E-state index contributed by atoms with van der Waals surface area (Å²) >= 11 is 0. The highest BCUT2D eigenvalue weighted by molar-refractivity contribution is 6.12. The standard InChI is InChI=1S/C45H28N4O/c1-3-14-29(15-4-1)43-46-44(30-16-5-2-6-17-30)48-45(47-43)31-26-27-34(36-21-13-22-37-35-20-9-12-25-41(35)50-42(36)37)40(28-31)49-38-23-10-7-18-32(38)33-19-8-11-24-39(33)49/h1-28H/i9D,13D,20D,22D,25D. The third-order valence-corrected chi connectivity index (χ3v) is 9.11. The van der Waals surface area contributed by atoms with Gasteiger partial charge < -0.3 is 8.98 Å². The van der Waals surface area contributed by atoms with Gasteiger partial charge in [-0.2, -0.15) is 0 Å². The summed E-state index contributed by atoms with van der Waals surface area (Å²) in [7, 11) is 0. The van der Waals surface area contributed by atoms with Gasteiger partial charge in [0.2, 0.25) is 0 Å². The van der Waals surface area contributed by atoms with Crippen LogP contribution in [0.15, 0.2) is 174 Å². The molecule has 0 aliphatic carbocycles. The van der Waals surface area contributed by atoms with Crippen LogP contribution in [-0.4, -0.2) is 19.5 Å². The van der Waals surface area contributed by atoms with Crippen LogP contribution >= 0.6 is 0 Å². The van der Waals surface area contributed by atoms with Crippen molar-refractivity contribution >= 4 is 43.7 Å². The van der Waals surface area contributed by atoms with Gasteiger partial charge in [-0.25, -0.2) is 15.0 Å². The third kappa shape index (κ3) is 4.52. The quantitative estimate of drug-likeness (QED) is 0.187. The number of hydrogen-bond donors (Lipinski definition) is 0. The molecule has 0 N–H and O–H groups in total. The molecule has 0 aliphatic rings. The Morgan fingerprint density at radius 1 is 0.460 bits per heavy atom. The summed E-state index contributed by atoms with van der Waals surface area (Å²) in [5.41, 5.74) is 6.68. The van der Waals surface area contributed by atoms with E-state index in [1.165, 1.54) is 6.07 Å². The monoisotopic (exact) mass is 645 g/mol.